The summed E-state index contributed by atoms with van der Waals surface area (Å²) >= 11 is 0. The number of hydrogen-bond acceptors (Lipinski definition) is 3. The Labute approximate surface area is 66.7 Å². The molecular formula is C6H12ClNO2. The van der Waals surface area contributed by atoms with Crippen molar-refractivity contribution in [1.29, 1.82) is 0 Å². The number of hydroxylamine groups is 2. The molecule has 0 saturated carbocycles. The molecule has 1 fully saturated rings. The fourth-order valence-electron chi connectivity index (χ4n) is 0.961. The van der Waals surface area contributed by atoms with E-state index in [1.807, 2.05) is 0 Å². The zero-order valence-electron chi connectivity index (χ0n) is 6.00. The molecule has 0 spiro atoms. The van der Waals surface area contributed by atoms with Crippen LogP contribution < -0.4 is 0 Å². The van der Waals surface area contributed by atoms with Crippen molar-refractivity contribution in [2.75, 3.05) is 13.1 Å². The Morgan fingerprint density at radius 3 is 2.30 bits per heavy atom. The molecule has 0 bridgehead atoms. The van der Waals surface area contributed by atoms with Gasteiger partial charge in [0.25, 0.3) is 0 Å². The minimum absolute atomic E-state index is 0. The van der Waals surface area contributed by atoms with Gasteiger partial charge in [-0.25, -0.2) is 0 Å². The Morgan fingerprint density at radius 2 is 1.90 bits per heavy atom. The normalized spacial score (nSPS) is 18.1. The SMILES string of the molecule is CC(=O)ON1CCCC1.Cl. The van der Waals surface area contributed by atoms with Crippen molar-refractivity contribution in [2.45, 2.75) is 19.8 Å². The maximum atomic E-state index is 10.3. The van der Waals surface area contributed by atoms with Crippen LogP contribution in [0.25, 0.3) is 0 Å². The fourth-order valence-corrected chi connectivity index (χ4v) is 0.961. The minimum atomic E-state index is -0.211. The summed E-state index contributed by atoms with van der Waals surface area (Å²) in [6, 6.07) is 0. The van der Waals surface area contributed by atoms with Crippen molar-refractivity contribution in [3.63, 3.8) is 0 Å². The van der Waals surface area contributed by atoms with Crippen LogP contribution in [0.15, 0.2) is 0 Å². The molecule has 1 aliphatic rings. The molecular weight excluding hydrogens is 154 g/mol. The Bertz CT molecular complexity index is 112. The first-order valence-corrected chi connectivity index (χ1v) is 3.22. The van der Waals surface area contributed by atoms with Crippen LogP contribution >= 0.6 is 12.4 Å². The van der Waals surface area contributed by atoms with Crippen LogP contribution in [0.4, 0.5) is 0 Å². The van der Waals surface area contributed by atoms with Gasteiger partial charge in [-0.1, -0.05) is 0 Å². The first-order valence-electron chi connectivity index (χ1n) is 3.22. The topological polar surface area (TPSA) is 29.5 Å². The lowest BCUT2D eigenvalue weighted by Gasteiger charge is -2.11. The molecule has 0 atom stereocenters. The Kier molecular flexibility index (Phi) is 4.40. The van der Waals surface area contributed by atoms with Crippen molar-refractivity contribution in [3.05, 3.63) is 0 Å². The van der Waals surface area contributed by atoms with Crippen LogP contribution in [0, 0.1) is 0 Å². The number of carbonyl (C=O) groups excluding carboxylic acids is 1. The number of halogens is 1. The highest BCUT2D eigenvalue weighted by Gasteiger charge is 2.13. The molecule has 1 aliphatic heterocycles. The number of carbonyl (C=O) groups is 1. The third kappa shape index (κ3) is 3.03. The van der Waals surface area contributed by atoms with E-state index >= 15 is 0 Å². The lowest BCUT2D eigenvalue weighted by Crippen LogP contribution is -2.22. The molecule has 60 valence electrons. The molecule has 0 aliphatic carbocycles. The van der Waals surface area contributed by atoms with Crippen molar-refractivity contribution < 1.29 is 9.63 Å². The van der Waals surface area contributed by atoms with E-state index in [1.165, 1.54) is 6.92 Å². The number of rotatable bonds is 1. The van der Waals surface area contributed by atoms with Crippen LogP contribution in [0.5, 0.6) is 0 Å². The quantitative estimate of drug-likeness (QED) is 0.580. The van der Waals surface area contributed by atoms with Gasteiger partial charge in [-0.05, 0) is 12.8 Å². The third-order valence-corrected chi connectivity index (χ3v) is 1.32. The summed E-state index contributed by atoms with van der Waals surface area (Å²) in [6.07, 6.45) is 2.29. The molecule has 1 saturated heterocycles. The average Bonchev–Trinajstić information content (AvgIpc) is 2.15. The van der Waals surface area contributed by atoms with E-state index in [-0.39, 0.29) is 18.4 Å². The van der Waals surface area contributed by atoms with Gasteiger partial charge in [-0.15, -0.1) is 17.5 Å². The second kappa shape index (κ2) is 4.52. The van der Waals surface area contributed by atoms with Crippen LogP contribution in [0.1, 0.15) is 19.8 Å². The summed E-state index contributed by atoms with van der Waals surface area (Å²) in [7, 11) is 0. The maximum absolute atomic E-state index is 10.3. The van der Waals surface area contributed by atoms with Crippen LogP contribution in [0.3, 0.4) is 0 Å². The zero-order valence-corrected chi connectivity index (χ0v) is 6.82. The van der Waals surface area contributed by atoms with Crippen LogP contribution in [0.2, 0.25) is 0 Å². The summed E-state index contributed by atoms with van der Waals surface area (Å²) in [5.41, 5.74) is 0. The molecule has 4 heteroatoms. The van der Waals surface area contributed by atoms with Gasteiger partial charge in [0.05, 0.1) is 0 Å². The van der Waals surface area contributed by atoms with Crippen molar-refractivity contribution in [3.8, 4) is 0 Å². The van der Waals surface area contributed by atoms with Crippen LogP contribution in [-0.2, 0) is 9.63 Å². The van der Waals surface area contributed by atoms with Crippen LogP contribution in [-0.4, -0.2) is 24.1 Å². The van der Waals surface area contributed by atoms with E-state index in [9.17, 15) is 4.79 Å². The Morgan fingerprint density at radius 1 is 1.40 bits per heavy atom. The monoisotopic (exact) mass is 165 g/mol. The van der Waals surface area contributed by atoms with E-state index < -0.39 is 0 Å². The zero-order chi connectivity index (χ0) is 6.69. The van der Waals surface area contributed by atoms with Gasteiger partial charge < -0.3 is 4.84 Å². The van der Waals surface area contributed by atoms with E-state index in [1.54, 1.807) is 5.06 Å². The first-order chi connectivity index (χ1) is 4.29. The van der Waals surface area contributed by atoms with Crippen molar-refractivity contribution in [1.82, 2.24) is 5.06 Å². The van der Waals surface area contributed by atoms with Gasteiger partial charge in [0.1, 0.15) is 0 Å². The molecule has 1 heterocycles. The smallest absolute Gasteiger partial charge is 0.322 e. The average molecular weight is 166 g/mol. The fraction of sp³-hybridized carbons (Fsp3) is 0.833. The van der Waals surface area contributed by atoms with E-state index in [0.717, 1.165) is 25.9 Å². The summed E-state index contributed by atoms with van der Waals surface area (Å²) < 4.78 is 0. The van der Waals surface area contributed by atoms with Gasteiger partial charge in [0.2, 0.25) is 0 Å². The summed E-state index contributed by atoms with van der Waals surface area (Å²) in [4.78, 5) is 15.1. The molecule has 1 rings (SSSR count). The number of nitrogens with zero attached hydrogens (tertiary/aromatic N) is 1. The minimum Gasteiger partial charge on any atom is -0.368 e. The molecule has 10 heavy (non-hydrogen) atoms. The predicted octanol–water partition coefficient (Wildman–Crippen LogP) is 0.982. The molecule has 0 N–H and O–H groups in total. The molecule has 0 radical (unpaired) electrons. The predicted molar refractivity (Wildman–Crippen MR) is 39.8 cm³/mol. The van der Waals surface area contributed by atoms with Crippen molar-refractivity contribution >= 4 is 18.4 Å². The molecule has 0 amide bonds. The van der Waals surface area contributed by atoms with Gasteiger partial charge >= 0.3 is 5.97 Å². The lowest BCUT2D eigenvalue weighted by atomic mass is 10.4. The Hall–Kier alpha value is -0.280. The molecule has 3 nitrogen and oxygen atoms in total. The van der Waals surface area contributed by atoms with Gasteiger partial charge in [0.15, 0.2) is 0 Å². The van der Waals surface area contributed by atoms with Crippen molar-refractivity contribution in [2.24, 2.45) is 0 Å². The highest BCUT2D eigenvalue weighted by molar-refractivity contribution is 5.85. The Balaban J connectivity index is 0.000000810. The summed E-state index contributed by atoms with van der Waals surface area (Å²) in [5, 5.41) is 1.71. The van der Waals surface area contributed by atoms with E-state index in [2.05, 4.69) is 0 Å². The first kappa shape index (κ1) is 9.72. The van der Waals surface area contributed by atoms with Gasteiger partial charge in [-0.3, -0.25) is 4.79 Å². The lowest BCUT2D eigenvalue weighted by molar-refractivity contribution is -0.182. The standard InChI is InChI=1S/C6H11NO2.ClH/c1-6(8)9-7-4-2-3-5-7;/h2-5H2,1H3;1H. The number of hydrogen-bond donors (Lipinski definition) is 0. The third-order valence-electron chi connectivity index (χ3n) is 1.32. The second-order valence-corrected chi connectivity index (χ2v) is 2.22. The van der Waals surface area contributed by atoms with Gasteiger partial charge in [-0.2, -0.15) is 0 Å². The van der Waals surface area contributed by atoms with E-state index in [4.69, 9.17) is 4.84 Å². The molecule has 0 unspecified atom stereocenters. The second-order valence-electron chi connectivity index (χ2n) is 2.22. The molecule has 0 aromatic heterocycles. The van der Waals surface area contributed by atoms with Gasteiger partial charge in [0, 0.05) is 20.0 Å². The highest BCUT2D eigenvalue weighted by atomic mass is 35.5. The summed E-state index contributed by atoms with van der Waals surface area (Å²) in [5.74, 6) is -0.211. The largest absolute Gasteiger partial charge is 0.368 e. The molecule has 0 aromatic carbocycles. The molecule has 0 aromatic rings. The summed E-state index contributed by atoms with van der Waals surface area (Å²) in [6.45, 7) is 3.23. The maximum Gasteiger partial charge on any atom is 0.322 e. The highest BCUT2D eigenvalue weighted by Crippen LogP contribution is 2.06. The van der Waals surface area contributed by atoms with E-state index in [0.29, 0.717) is 0 Å².